The van der Waals surface area contributed by atoms with Crippen LogP contribution in [0.3, 0.4) is 0 Å². The molecule has 1 aromatic carbocycles. The first-order valence-corrected chi connectivity index (χ1v) is 11.9. The number of nitrogens with zero attached hydrogens (tertiary/aromatic N) is 2. The van der Waals surface area contributed by atoms with Gasteiger partial charge in [-0.3, -0.25) is 4.99 Å². The summed E-state index contributed by atoms with van der Waals surface area (Å²) in [5, 5.41) is 6.93. The van der Waals surface area contributed by atoms with Crippen LogP contribution in [0.15, 0.2) is 23.2 Å². The maximum Gasteiger partial charge on any atom is 0.195 e. The smallest absolute Gasteiger partial charge is 0.195 e. The zero-order valence-corrected chi connectivity index (χ0v) is 19.5. The quantitative estimate of drug-likeness (QED) is 0.334. The van der Waals surface area contributed by atoms with Crippen LogP contribution in [0.5, 0.6) is 11.5 Å². The average Bonchev–Trinajstić information content (AvgIpc) is 3.10. The molecule has 0 saturated carbocycles. The van der Waals surface area contributed by atoms with Crippen molar-refractivity contribution in [2.75, 3.05) is 64.5 Å². The molecule has 1 fully saturated rings. The normalized spacial score (nSPS) is 19.5. The Labute approximate surface area is 187 Å². The van der Waals surface area contributed by atoms with Crippen LogP contribution in [-0.4, -0.2) is 70.0 Å². The molecule has 1 unspecified atom stereocenters. The zero-order valence-electron chi connectivity index (χ0n) is 19.5. The highest BCUT2D eigenvalue weighted by Crippen LogP contribution is 2.32. The van der Waals surface area contributed by atoms with Crippen molar-refractivity contribution in [1.82, 2.24) is 10.2 Å². The lowest BCUT2D eigenvalue weighted by molar-refractivity contribution is 0.108. The number of benzene rings is 1. The second-order valence-corrected chi connectivity index (χ2v) is 8.82. The Balaban J connectivity index is 1.56. The summed E-state index contributed by atoms with van der Waals surface area (Å²) < 4.78 is 17.3. The number of hydrogen-bond donors (Lipinski definition) is 2. The predicted octanol–water partition coefficient (Wildman–Crippen LogP) is 3.61. The van der Waals surface area contributed by atoms with E-state index in [4.69, 9.17) is 19.2 Å². The standard InChI is InChI=1S/C24H40N4O3/c1-4-28-11-9-20(17-28)16-26-24(25-10-5-12-29-18-19(2)3)27-21-7-8-22-23(15-21)31-14-6-13-30-22/h7-8,15,19-20H,4-6,9-14,16-18H2,1-3H3,(H2,25,26,27). The van der Waals surface area contributed by atoms with Crippen molar-refractivity contribution in [1.29, 1.82) is 0 Å². The molecule has 2 N–H and O–H groups in total. The van der Waals surface area contributed by atoms with Gasteiger partial charge in [0.2, 0.25) is 0 Å². The van der Waals surface area contributed by atoms with Crippen LogP contribution in [0.1, 0.15) is 40.0 Å². The highest BCUT2D eigenvalue weighted by molar-refractivity contribution is 5.94. The fourth-order valence-electron chi connectivity index (χ4n) is 3.79. The van der Waals surface area contributed by atoms with Gasteiger partial charge in [0.25, 0.3) is 0 Å². The highest BCUT2D eigenvalue weighted by atomic mass is 16.5. The second kappa shape index (κ2) is 12.8. The largest absolute Gasteiger partial charge is 0.490 e. The van der Waals surface area contributed by atoms with Gasteiger partial charge in [-0.25, -0.2) is 0 Å². The molecular weight excluding hydrogens is 392 g/mol. The first-order valence-electron chi connectivity index (χ1n) is 11.9. The van der Waals surface area contributed by atoms with Gasteiger partial charge in [0.15, 0.2) is 17.5 Å². The summed E-state index contributed by atoms with van der Waals surface area (Å²) in [7, 11) is 0. The molecule has 1 aromatic rings. The third-order valence-electron chi connectivity index (χ3n) is 5.54. The van der Waals surface area contributed by atoms with Crippen LogP contribution in [0, 0.1) is 11.8 Å². The molecule has 7 heteroatoms. The van der Waals surface area contributed by atoms with E-state index in [0.29, 0.717) is 25.0 Å². The minimum atomic E-state index is 0.570. The van der Waals surface area contributed by atoms with E-state index in [1.54, 1.807) is 0 Å². The van der Waals surface area contributed by atoms with E-state index >= 15 is 0 Å². The van der Waals surface area contributed by atoms with E-state index in [9.17, 15) is 0 Å². The number of anilines is 1. The summed E-state index contributed by atoms with van der Waals surface area (Å²) in [4.78, 5) is 7.40. The summed E-state index contributed by atoms with van der Waals surface area (Å²) in [5.74, 6) is 3.60. The molecule has 0 aliphatic carbocycles. The minimum Gasteiger partial charge on any atom is -0.490 e. The van der Waals surface area contributed by atoms with Crippen LogP contribution >= 0.6 is 0 Å². The van der Waals surface area contributed by atoms with Gasteiger partial charge >= 0.3 is 0 Å². The summed E-state index contributed by atoms with van der Waals surface area (Å²) in [6.07, 6.45) is 3.07. The number of likely N-dealkylation sites (tertiary alicyclic amines) is 1. The van der Waals surface area contributed by atoms with Gasteiger partial charge in [0.1, 0.15) is 0 Å². The molecule has 2 heterocycles. The van der Waals surface area contributed by atoms with E-state index < -0.39 is 0 Å². The fraction of sp³-hybridized carbons (Fsp3) is 0.708. The molecule has 7 nitrogen and oxygen atoms in total. The summed E-state index contributed by atoms with van der Waals surface area (Å²) in [6, 6.07) is 5.99. The Morgan fingerprint density at radius 2 is 2.10 bits per heavy atom. The maximum absolute atomic E-state index is 5.83. The number of aliphatic imine (C=N–C) groups is 1. The molecule has 0 amide bonds. The summed E-state index contributed by atoms with van der Waals surface area (Å²) in [6.45, 7) is 14.6. The molecule has 0 aromatic heterocycles. The third kappa shape index (κ3) is 8.22. The zero-order chi connectivity index (χ0) is 21.9. The van der Waals surface area contributed by atoms with Crippen molar-refractivity contribution in [3.63, 3.8) is 0 Å². The Morgan fingerprint density at radius 1 is 1.26 bits per heavy atom. The molecule has 2 aliphatic rings. The number of fused-ring (bicyclic) bond motifs is 1. The highest BCUT2D eigenvalue weighted by Gasteiger charge is 2.21. The van der Waals surface area contributed by atoms with Gasteiger partial charge in [-0.15, -0.1) is 0 Å². The SMILES string of the molecule is CCN1CCC(CN=C(NCCCOCC(C)C)Nc2ccc3c(c2)OCCCO3)C1. The van der Waals surface area contributed by atoms with E-state index in [-0.39, 0.29) is 0 Å². The molecule has 3 rings (SSSR count). The lowest BCUT2D eigenvalue weighted by atomic mass is 10.1. The van der Waals surface area contributed by atoms with E-state index in [1.807, 2.05) is 18.2 Å². The van der Waals surface area contributed by atoms with Crippen molar-refractivity contribution >= 4 is 11.6 Å². The van der Waals surface area contributed by atoms with Gasteiger partial charge in [-0.1, -0.05) is 20.8 Å². The molecule has 31 heavy (non-hydrogen) atoms. The number of rotatable bonds is 10. The minimum absolute atomic E-state index is 0.570. The van der Waals surface area contributed by atoms with Gasteiger partial charge in [-0.05, 0) is 49.9 Å². The number of ether oxygens (including phenoxy) is 3. The summed E-state index contributed by atoms with van der Waals surface area (Å²) >= 11 is 0. The van der Waals surface area contributed by atoms with Crippen molar-refractivity contribution in [3.8, 4) is 11.5 Å². The average molecular weight is 433 g/mol. The van der Waals surface area contributed by atoms with E-state index in [2.05, 4.69) is 36.3 Å². The van der Waals surface area contributed by atoms with Crippen LogP contribution < -0.4 is 20.1 Å². The Kier molecular flexibility index (Phi) is 9.75. The van der Waals surface area contributed by atoms with Gasteiger partial charge in [0.05, 0.1) is 13.2 Å². The molecule has 1 atom stereocenters. The first-order chi connectivity index (χ1) is 15.1. The lowest BCUT2D eigenvalue weighted by Crippen LogP contribution is -2.33. The second-order valence-electron chi connectivity index (χ2n) is 8.82. The molecule has 2 aliphatic heterocycles. The lowest BCUT2D eigenvalue weighted by Gasteiger charge is -2.16. The van der Waals surface area contributed by atoms with Gasteiger partial charge < -0.3 is 29.7 Å². The van der Waals surface area contributed by atoms with Crippen LogP contribution in [0.4, 0.5) is 5.69 Å². The predicted molar refractivity (Wildman–Crippen MR) is 126 cm³/mol. The Bertz CT molecular complexity index is 695. The molecule has 0 bridgehead atoms. The van der Waals surface area contributed by atoms with Gasteiger partial charge in [-0.2, -0.15) is 0 Å². The first kappa shape index (κ1) is 23.7. The molecule has 1 saturated heterocycles. The molecule has 174 valence electrons. The van der Waals surface area contributed by atoms with Crippen molar-refractivity contribution < 1.29 is 14.2 Å². The molecular formula is C24H40N4O3. The summed E-state index contributed by atoms with van der Waals surface area (Å²) in [5.41, 5.74) is 0.952. The van der Waals surface area contributed by atoms with E-state index in [0.717, 1.165) is 75.4 Å². The Morgan fingerprint density at radius 3 is 2.87 bits per heavy atom. The maximum atomic E-state index is 5.83. The van der Waals surface area contributed by atoms with Crippen LogP contribution in [-0.2, 0) is 4.74 Å². The van der Waals surface area contributed by atoms with Crippen LogP contribution in [0.25, 0.3) is 0 Å². The van der Waals surface area contributed by atoms with Crippen molar-refractivity contribution in [3.05, 3.63) is 18.2 Å². The van der Waals surface area contributed by atoms with E-state index in [1.165, 1.54) is 13.0 Å². The molecule has 0 radical (unpaired) electrons. The number of nitrogens with one attached hydrogen (secondary N) is 2. The van der Waals surface area contributed by atoms with Crippen molar-refractivity contribution in [2.24, 2.45) is 16.8 Å². The van der Waals surface area contributed by atoms with Crippen LogP contribution in [0.2, 0.25) is 0 Å². The molecule has 0 spiro atoms. The third-order valence-corrected chi connectivity index (χ3v) is 5.54. The monoisotopic (exact) mass is 432 g/mol. The topological polar surface area (TPSA) is 67.4 Å². The van der Waals surface area contributed by atoms with Gasteiger partial charge in [0, 0.05) is 51.0 Å². The fourth-order valence-corrected chi connectivity index (χ4v) is 3.79. The Hall–Kier alpha value is -1.99. The van der Waals surface area contributed by atoms with Crippen molar-refractivity contribution in [2.45, 2.75) is 40.0 Å². The number of hydrogen-bond acceptors (Lipinski definition) is 5. The number of guanidine groups is 1.